The van der Waals surface area contributed by atoms with Crippen LogP contribution in [0.3, 0.4) is 0 Å². The minimum Gasteiger partial charge on any atom is -0.465 e. The smallest absolute Gasteiger partial charge is 0.326 e. The summed E-state index contributed by atoms with van der Waals surface area (Å²) in [6.45, 7) is 12.3. The third-order valence-electron chi connectivity index (χ3n) is 2.47. The van der Waals surface area contributed by atoms with Gasteiger partial charge in [0.15, 0.2) is 0 Å². The van der Waals surface area contributed by atoms with Crippen LogP contribution in [-0.2, 0) is 9.53 Å². The maximum atomic E-state index is 11.7. The van der Waals surface area contributed by atoms with Gasteiger partial charge in [-0.05, 0) is 19.8 Å². The Labute approximate surface area is 86.5 Å². The van der Waals surface area contributed by atoms with Gasteiger partial charge in [0.05, 0.1) is 6.61 Å². The zero-order valence-electron chi connectivity index (χ0n) is 9.59. The molecule has 0 aromatic heterocycles. The number of rotatable bonds is 6. The van der Waals surface area contributed by atoms with Crippen LogP contribution >= 0.6 is 0 Å². The predicted molar refractivity (Wildman–Crippen MR) is 58.1 cm³/mol. The molecule has 0 amide bonds. The topological polar surface area (TPSA) is 38.3 Å². The Kier molecular flexibility index (Phi) is 5.46. The number of carbonyl (C=O) groups is 1. The van der Waals surface area contributed by atoms with Crippen LogP contribution in [0, 0.1) is 5.92 Å². The van der Waals surface area contributed by atoms with E-state index in [-0.39, 0.29) is 11.9 Å². The van der Waals surface area contributed by atoms with E-state index in [2.05, 4.69) is 11.9 Å². The fourth-order valence-electron chi connectivity index (χ4n) is 1.08. The van der Waals surface area contributed by atoms with E-state index in [1.165, 1.54) is 0 Å². The van der Waals surface area contributed by atoms with Crippen LogP contribution in [0.25, 0.3) is 0 Å². The summed E-state index contributed by atoms with van der Waals surface area (Å²) in [5.41, 5.74) is -0.621. The number of ether oxygens (including phenoxy) is 1. The Morgan fingerprint density at radius 1 is 1.64 bits per heavy atom. The van der Waals surface area contributed by atoms with E-state index in [1.54, 1.807) is 6.08 Å². The van der Waals surface area contributed by atoms with Crippen molar-refractivity contribution >= 4 is 5.97 Å². The highest BCUT2D eigenvalue weighted by molar-refractivity contribution is 5.80. The lowest BCUT2D eigenvalue weighted by Crippen LogP contribution is -2.54. The summed E-state index contributed by atoms with van der Waals surface area (Å²) < 4.78 is 5.03. The molecule has 3 heteroatoms. The lowest BCUT2D eigenvalue weighted by molar-refractivity contribution is -0.152. The number of carbonyl (C=O) groups excluding carboxylic acids is 1. The van der Waals surface area contributed by atoms with Crippen molar-refractivity contribution in [3.05, 3.63) is 12.7 Å². The van der Waals surface area contributed by atoms with Crippen LogP contribution in [0.2, 0.25) is 0 Å². The molecule has 0 aliphatic rings. The number of esters is 1. The van der Waals surface area contributed by atoms with Gasteiger partial charge in [-0.1, -0.05) is 19.9 Å². The second kappa shape index (κ2) is 5.81. The van der Waals surface area contributed by atoms with E-state index in [0.717, 1.165) is 0 Å². The van der Waals surface area contributed by atoms with Crippen LogP contribution in [0.4, 0.5) is 0 Å². The number of nitrogens with one attached hydrogen (secondary N) is 1. The molecule has 0 fully saturated rings. The second-order valence-electron chi connectivity index (χ2n) is 3.75. The Balaban J connectivity index is 4.52. The molecular weight excluding hydrogens is 178 g/mol. The van der Waals surface area contributed by atoms with Crippen molar-refractivity contribution in [1.82, 2.24) is 5.32 Å². The zero-order chi connectivity index (χ0) is 11.2. The van der Waals surface area contributed by atoms with Crippen LogP contribution in [0.15, 0.2) is 12.7 Å². The van der Waals surface area contributed by atoms with Gasteiger partial charge in [0.2, 0.25) is 0 Å². The molecule has 0 saturated carbocycles. The van der Waals surface area contributed by atoms with E-state index >= 15 is 0 Å². The third-order valence-corrected chi connectivity index (χ3v) is 2.47. The molecule has 0 spiro atoms. The summed E-state index contributed by atoms with van der Waals surface area (Å²) in [5.74, 6) is -0.0154. The summed E-state index contributed by atoms with van der Waals surface area (Å²) >= 11 is 0. The van der Waals surface area contributed by atoms with Gasteiger partial charge in [-0.15, -0.1) is 6.58 Å². The minimum absolute atomic E-state index is 0.182. The van der Waals surface area contributed by atoms with Crippen molar-refractivity contribution in [3.8, 4) is 0 Å². The van der Waals surface area contributed by atoms with Crippen LogP contribution < -0.4 is 5.32 Å². The van der Waals surface area contributed by atoms with Crippen molar-refractivity contribution in [2.75, 3.05) is 13.2 Å². The molecule has 3 nitrogen and oxygen atoms in total. The molecule has 0 aliphatic heterocycles. The van der Waals surface area contributed by atoms with Gasteiger partial charge in [0.25, 0.3) is 0 Å². The van der Waals surface area contributed by atoms with E-state index < -0.39 is 5.54 Å². The fourth-order valence-corrected chi connectivity index (χ4v) is 1.08. The summed E-state index contributed by atoms with van der Waals surface area (Å²) in [6.07, 6.45) is 1.74. The van der Waals surface area contributed by atoms with Gasteiger partial charge in [0.1, 0.15) is 5.54 Å². The predicted octanol–water partition coefficient (Wildman–Crippen LogP) is 1.74. The SMILES string of the molecule is C=CCNC(C)(C(=O)OCC)C(C)C. The molecule has 0 aromatic rings. The van der Waals surface area contributed by atoms with E-state index in [9.17, 15) is 4.79 Å². The molecule has 82 valence electrons. The normalized spacial score (nSPS) is 14.9. The molecule has 0 radical (unpaired) electrons. The quantitative estimate of drug-likeness (QED) is 0.523. The lowest BCUT2D eigenvalue weighted by atomic mass is 9.88. The average molecular weight is 199 g/mol. The zero-order valence-corrected chi connectivity index (χ0v) is 9.59. The molecule has 0 saturated heterocycles. The van der Waals surface area contributed by atoms with E-state index in [0.29, 0.717) is 13.2 Å². The number of hydrogen-bond donors (Lipinski definition) is 1. The van der Waals surface area contributed by atoms with Crippen molar-refractivity contribution in [1.29, 1.82) is 0 Å². The van der Waals surface area contributed by atoms with Gasteiger partial charge in [-0.25, -0.2) is 0 Å². The largest absolute Gasteiger partial charge is 0.465 e. The molecule has 0 aliphatic carbocycles. The van der Waals surface area contributed by atoms with Crippen molar-refractivity contribution in [2.24, 2.45) is 5.92 Å². The highest BCUT2D eigenvalue weighted by atomic mass is 16.5. The minimum atomic E-state index is -0.621. The monoisotopic (exact) mass is 199 g/mol. The van der Waals surface area contributed by atoms with Crippen LogP contribution in [0.5, 0.6) is 0 Å². The Morgan fingerprint density at radius 3 is 2.57 bits per heavy atom. The molecule has 1 unspecified atom stereocenters. The third kappa shape index (κ3) is 3.14. The fraction of sp³-hybridized carbons (Fsp3) is 0.727. The van der Waals surface area contributed by atoms with Gasteiger partial charge in [0, 0.05) is 6.54 Å². The standard InChI is InChI=1S/C11H21NO2/c1-6-8-12-11(5,9(3)4)10(13)14-7-2/h6,9,12H,1,7-8H2,2-5H3. The first-order valence-corrected chi connectivity index (χ1v) is 5.02. The molecule has 0 bridgehead atoms. The Hall–Kier alpha value is -0.830. The van der Waals surface area contributed by atoms with Crippen LogP contribution in [-0.4, -0.2) is 24.7 Å². The van der Waals surface area contributed by atoms with E-state index in [4.69, 9.17) is 4.74 Å². The molecule has 0 rings (SSSR count). The van der Waals surface area contributed by atoms with Gasteiger partial charge in [-0.2, -0.15) is 0 Å². The molecule has 0 aromatic carbocycles. The maximum Gasteiger partial charge on any atom is 0.326 e. The number of hydrogen-bond acceptors (Lipinski definition) is 3. The summed E-state index contributed by atoms with van der Waals surface area (Å²) in [6, 6.07) is 0. The highest BCUT2D eigenvalue weighted by Gasteiger charge is 2.37. The molecule has 14 heavy (non-hydrogen) atoms. The molecule has 1 atom stereocenters. The first-order chi connectivity index (χ1) is 6.49. The summed E-state index contributed by atoms with van der Waals surface area (Å²) in [7, 11) is 0. The van der Waals surface area contributed by atoms with Crippen molar-refractivity contribution in [2.45, 2.75) is 33.2 Å². The van der Waals surface area contributed by atoms with Gasteiger partial charge in [-0.3, -0.25) is 10.1 Å². The lowest BCUT2D eigenvalue weighted by Gasteiger charge is -2.31. The summed E-state index contributed by atoms with van der Waals surface area (Å²) in [4.78, 5) is 11.7. The summed E-state index contributed by atoms with van der Waals surface area (Å²) in [5, 5.41) is 3.14. The van der Waals surface area contributed by atoms with E-state index in [1.807, 2.05) is 27.7 Å². The molecule has 1 N–H and O–H groups in total. The first-order valence-electron chi connectivity index (χ1n) is 5.02. The molecular formula is C11H21NO2. The Bertz CT molecular complexity index is 201. The maximum absolute atomic E-state index is 11.7. The Morgan fingerprint density at radius 2 is 2.21 bits per heavy atom. The van der Waals surface area contributed by atoms with Crippen LogP contribution in [0.1, 0.15) is 27.7 Å². The average Bonchev–Trinajstić information content (AvgIpc) is 2.14. The van der Waals surface area contributed by atoms with Crippen molar-refractivity contribution in [3.63, 3.8) is 0 Å². The first kappa shape index (κ1) is 13.2. The molecule has 0 heterocycles. The highest BCUT2D eigenvalue weighted by Crippen LogP contribution is 2.18. The second-order valence-corrected chi connectivity index (χ2v) is 3.75. The van der Waals surface area contributed by atoms with Crippen molar-refractivity contribution < 1.29 is 9.53 Å². The van der Waals surface area contributed by atoms with Gasteiger partial charge >= 0.3 is 5.97 Å². The van der Waals surface area contributed by atoms with Gasteiger partial charge < -0.3 is 4.74 Å².